The van der Waals surface area contributed by atoms with Crippen LogP contribution in [0.1, 0.15) is 36.8 Å². The van der Waals surface area contributed by atoms with Crippen LogP contribution in [0, 0.1) is 69.0 Å². The Bertz CT molecular complexity index is 464. The van der Waals surface area contributed by atoms with Gasteiger partial charge in [-0.05, 0) is 50.4 Å². The monoisotopic (exact) mass is 751 g/mol. The quantitative estimate of drug-likeness (QED) is 0.405. The summed E-state index contributed by atoms with van der Waals surface area (Å²) >= 11 is 0. The van der Waals surface area contributed by atoms with E-state index < -0.39 is 0 Å². The zero-order valence-corrected chi connectivity index (χ0v) is 31.3. The normalized spacial score (nSPS) is 18.8. The Balaban J connectivity index is 0. The molecule has 5 radical (unpaired) electrons. The average Bonchev–Trinajstić information content (AvgIpc) is 2.51. The summed E-state index contributed by atoms with van der Waals surface area (Å²) in [7, 11) is 0. The third-order valence-electron chi connectivity index (χ3n) is 4.59. The van der Waals surface area contributed by atoms with E-state index in [0.717, 1.165) is 11.8 Å². The molecule has 3 rings (SSSR count). The molecule has 0 heterocycles. The van der Waals surface area contributed by atoms with Crippen molar-refractivity contribution in [3.05, 3.63) is 71.8 Å². The fraction of sp³-hybridized carbons (Fsp3) is 0.400. The van der Waals surface area contributed by atoms with Crippen molar-refractivity contribution in [3.63, 3.8) is 0 Å². The molecule has 113 valence electrons. The number of benzene rings is 2. The second kappa shape index (κ2) is 17.8. The molecule has 1 saturated carbocycles. The minimum Gasteiger partial charge on any atom is -0.184 e. The summed E-state index contributed by atoms with van der Waals surface area (Å²) in [5, 5.41) is 0. The van der Waals surface area contributed by atoms with Crippen molar-refractivity contribution in [1.29, 1.82) is 0 Å². The van der Waals surface area contributed by atoms with Crippen molar-refractivity contribution in [3.8, 4) is 0 Å². The number of rotatable bonds is 4. The maximum atomic E-state index is 3.10. The molecule has 0 aliphatic heterocycles. The Morgan fingerprint density at radius 3 is 1.25 bits per heavy atom. The van der Waals surface area contributed by atoms with Gasteiger partial charge in [-0.3, -0.25) is 0 Å². The van der Waals surface area contributed by atoms with Gasteiger partial charge in [-0.2, -0.15) is 71.8 Å². The fourth-order valence-corrected chi connectivity index (χ4v) is 3.42. The average molecular weight is 752 g/mol. The van der Waals surface area contributed by atoms with Crippen LogP contribution in [0.5, 0.6) is 0 Å². The van der Waals surface area contributed by atoms with Gasteiger partial charge in [0.05, 0.1) is 0 Å². The van der Waals surface area contributed by atoms with Crippen LogP contribution < -0.4 is 0 Å². The second-order valence-electron chi connectivity index (χ2n) is 6.11. The molecular weight excluding hydrogens is 729 g/mol. The molecule has 0 saturated heterocycles. The van der Waals surface area contributed by atoms with Gasteiger partial charge in [0, 0.05) is 169 Å². The molecule has 1 fully saturated rings. The molecule has 0 N–H and O–H groups in total. The van der Waals surface area contributed by atoms with E-state index in [1.165, 1.54) is 49.7 Å². The Kier molecular flexibility index (Phi) is 22.3. The van der Waals surface area contributed by atoms with Gasteiger partial charge in [-0.15, -0.1) is 0 Å². The molecule has 0 nitrogen and oxygen atoms in total. The van der Waals surface area contributed by atoms with E-state index in [0.29, 0.717) is 0 Å². The van der Waals surface area contributed by atoms with Crippen molar-refractivity contribution >= 4 is 58.2 Å². The van der Waals surface area contributed by atoms with Crippen molar-refractivity contribution in [1.82, 2.24) is 0 Å². The van der Waals surface area contributed by atoms with Crippen LogP contribution in [0.2, 0.25) is 0 Å². The Hall–Kier alpha value is 3.92. The van der Waals surface area contributed by atoms with Gasteiger partial charge in [0.25, 0.3) is 0 Å². The number of hydrogen-bond acceptors (Lipinski definition) is 0. The third kappa shape index (κ3) is 11.2. The van der Waals surface area contributed by atoms with E-state index in [1.54, 1.807) is 0 Å². The first-order valence-electron chi connectivity index (χ1n) is 7.80. The van der Waals surface area contributed by atoms with E-state index >= 15 is 0 Å². The molecule has 1 aliphatic rings. The fourth-order valence-electron chi connectivity index (χ4n) is 3.42. The van der Waals surface area contributed by atoms with Crippen LogP contribution in [0.3, 0.4) is 0 Å². The zero-order chi connectivity index (χ0) is 13.6. The first kappa shape index (κ1) is 30.1. The summed E-state index contributed by atoms with van der Waals surface area (Å²) in [5.74, 6) is 1.77. The topological polar surface area (TPSA) is 0 Å². The molecular formula is C20H22RaRbY2-2. The molecule has 0 spiro atoms. The first-order chi connectivity index (χ1) is 9.90. The summed E-state index contributed by atoms with van der Waals surface area (Å²) in [6.07, 6.45) is 8.07. The van der Waals surface area contributed by atoms with Crippen LogP contribution in [0.25, 0.3) is 0 Å². The molecule has 0 atom stereocenters. The summed E-state index contributed by atoms with van der Waals surface area (Å²) in [5.41, 5.74) is 2.96. The van der Waals surface area contributed by atoms with Crippen LogP contribution in [0.4, 0.5) is 0 Å². The van der Waals surface area contributed by atoms with Crippen molar-refractivity contribution in [2.75, 3.05) is 0 Å². The summed E-state index contributed by atoms with van der Waals surface area (Å²) in [6.45, 7) is 0. The van der Waals surface area contributed by atoms with Crippen LogP contribution in [-0.4, -0.2) is 58.2 Å². The Labute approximate surface area is 283 Å². The molecule has 24 heavy (non-hydrogen) atoms. The van der Waals surface area contributed by atoms with E-state index in [2.05, 4.69) is 36.4 Å². The van der Waals surface area contributed by atoms with Crippen molar-refractivity contribution in [2.45, 2.75) is 38.5 Å². The largest absolute Gasteiger partial charge is 0.184 e. The van der Waals surface area contributed by atoms with Gasteiger partial charge in [0.15, 0.2) is 0 Å². The Morgan fingerprint density at radius 1 is 0.667 bits per heavy atom. The summed E-state index contributed by atoms with van der Waals surface area (Å²) in [6, 6.07) is 23.2. The van der Waals surface area contributed by atoms with Gasteiger partial charge in [-0.25, -0.2) is 0 Å². The molecule has 0 aromatic heterocycles. The minimum atomic E-state index is 0. The maximum absolute atomic E-state index is 3.10. The SMILES string of the molecule is [Ra].[Rb].[Y].[Y].[c-]1ccc(CC2CCC(Cc3cc[c-]cc3)CC2)cc1. The van der Waals surface area contributed by atoms with Gasteiger partial charge in [0.2, 0.25) is 0 Å². The zero-order valence-electron chi connectivity index (χ0n) is 14.9. The van der Waals surface area contributed by atoms with Crippen LogP contribution in [-0.2, 0) is 78.3 Å². The van der Waals surface area contributed by atoms with E-state index in [9.17, 15) is 0 Å². The molecule has 2 aromatic carbocycles. The molecule has 1 aliphatic carbocycles. The molecule has 0 bridgehead atoms. The van der Waals surface area contributed by atoms with Gasteiger partial charge >= 0.3 is 0 Å². The van der Waals surface area contributed by atoms with Gasteiger partial charge in [0.1, 0.15) is 0 Å². The predicted octanol–water partition coefficient (Wildman–Crippen LogP) is 4.49. The minimum absolute atomic E-state index is 0. The van der Waals surface area contributed by atoms with E-state index in [1.807, 2.05) is 24.3 Å². The predicted molar refractivity (Wildman–Crippen MR) is 89.2 cm³/mol. The van der Waals surface area contributed by atoms with Crippen molar-refractivity contribution < 1.29 is 110 Å². The standard InChI is InChI=1S/C20H22.Ra.Rb.2Y/c1-3-7-17(8-4-1)15-19-11-13-20(14-12-19)16-18-9-5-2-6-10-18;;;;/h3-10,19-20H,11-16H2;;;;/q-2;;;;. The van der Waals surface area contributed by atoms with E-state index in [4.69, 9.17) is 0 Å². The third-order valence-corrected chi connectivity index (χ3v) is 4.59. The van der Waals surface area contributed by atoms with Crippen LogP contribution >= 0.6 is 0 Å². The van der Waals surface area contributed by atoms with Gasteiger partial charge < -0.3 is 0 Å². The first-order valence-corrected chi connectivity index (χ1v) is 7.80. The molecule has 2 aromatic rings. The Morgan fingerprint density at radius 2 is 0.958 bits per heavy atom. The summed E-state index contributed by atoms with van der Waals surface area (Å²) < 4.78 is 0. The molecule has 0 unspecified atom stereocenters. The molecule has 4 heteroatoms. The van der Waals surface area contributed by atoms with Gasteiger partial charge in [-0.1, -0.05) is 0 Å². The second-order valence-corrected chi connectivity index (χ2v) is 6.11. The van der Waals surface area contributed by atoms with Crippen molar-refractivity contribution in [2.24, 2.45) is 11.8 Å². The molecule has 0 amide bonds. The van der Waals surface area contributed by atoms with E-state index in [-0.39, 0.29) is 169 Å². The summed E-state index contributed by atoms with van der Waals surface area (Å²) in [4.78, 5) is 0. The number of hydrogen-bond donors (Lipinski definition) is 0. The smallest absolute Gasteiger partial charge is 0 e. The van der Waals surface area contributed by atoms with Crippen LogP contribution in [0.15, 0.2) is 48.5 Å². The maximum Gasteiger partial charge on any atom is 0 e.